The second kappa shape index (κ2) is 5.24. The summed E-state index contributed by atoms with van der Waals surface area (Å²) in [5.74, 6) is 1.65. The van der Waals surface area contributed by atoms with Crippen LogP contribution in [0.3, 0.4) is 0 Å². The molecule has 0 unspecified atom stereocenters. The molecule has 0 spiro atoms. The summed E-state index contributed by atoms with van der Waals surface area (Å²) in [5, 5.41) is 9.14. The van der Waals surface area contributed by atoms with E-state index in [1.807, 2.05) is 0 Å². The summed E-state index contributed by atoms with van der Waals surface area (Å²) in [6.45, 7) is 0. The summed E-state index contributed by atoms with van der Waals surface area (Å²) in [6.07, 6.45) is 1.57. The topological polar surface area (TPSA) is 84.1 Å². The molecule has 0 saturated carbocycles. The summed E-state index contributed by atoms with van der Waals surface area (Å²) in [4.78, 5) is 2.84. The molecule has 2 aromatic rings. The number of ether oxygens (including phenoxy) is 2. The Bertz CT molecular complexity index is 659. The number of H-pyrrole nitrogens is 1. The Kier molecular flexibility index (Phi) is 3.67. The zero-order valence-electron chi connectivity index (χ0n) is 10.5. The highest BCUT2D eigenvalue weighted by Crippen LogP contribution is 2.43. The molecule has 1 aromatic carbocycles. The first-order chi connectivity index (χ1) is 9.12. The molecule has 0 aliphatic heterocycles. The van der Waals surface area contributed by atoms with Crippen molar-refractivity contribution in [2.75, 3.05) is 20.0 Å². The quantitative estimate of drug-likeness (QED) is 0.910. The van der Waals surface area contributed by atoms with Crippen LogP contribution in [0.5, 0.6) is 11.5 Å². The monoisotopic (exact) mass is 321 g/mol. The van der Waals surface area contributed by atoms with Gasteiger partial charge in [0.25, 0.3) is 0 Å². The molecular formula is C13H12BrN3O2. The van der Waals surface area contributed by atoms with Gasteiger partial charge in [0.05, 0.1) is 19.8 Å². The predicted molar refractivity (Wildman–Crippen MR) is 76.2 cm³/mol. The summed E-state index contributed by atoms with van der Waals surface area (Å²) < 4.78 is 11.3. The number of anilines is 1. The van der Waals surface area contributed by atoms with E-state index in [1.165, 1.54) is 0 Å². The SMILES string of the molecule is COc1cc(Br)c(-c2c(C#N)c[nH]c2N)c(OC)c1. The van der Waals surface area contributed by atoms with Gasteiger partial charge >= 0.3 is 0 Å². The minimum atomic E-state index is 0.417. The molecule has 0 saturated heterocycles. The van der Waals surface area contributed by atoms with Crippen molar-refractivity contribution < 1.29 is 9.47 Å². The van der Waals surface area contributed by atoms with E-state index in [4.69, 9.17) is 20.5 Å². The molecule has 6 heteroatoms. The average molecular weight is 322 g/mol. The third-order valence-corrected chi connectivity index (χ3v) is 3.39. The number of nitrogen functional groups attached to an aromatic ring is 1. The Morgan fingerprint density at radius 2 is 2.00 bits per heavy atom. The van der Waals surface area contributed by atoms with Gasteiger partial charge in [-0.3, -0.25) is 0 Å². The fraction of sp³-hybridized carbons (Fsp3) is 0.154. The highest BCUT2D eigenvalue weighted by Gasteiger charge is 2.19. The van der Waals surface area contributed by atoms with E-state index in [0.29, 0.717) is 28.4 Å². The van der Waals surface area contributed by atoms with Crippen molar-refractivity contribution in [3.05, 3.63) is 28.4 Å². The van der Waals surface area contributed by atoms with Gasteiger partial charge in [-0.1, -0.05) is 0 Å². The number of nitrogens with two attached hydrogens (primary N) is 1. The third-order valence-electron chi connectivity index (χ3n) is 2.76. The maximum absolute atomic E-state index is 9.14. The second-order valence-corrected chi connectivity index (χ2v) is 4.64. The van der Waals surface area contributed by atoms with Gasteiger partial charge in [0.1, 0.15) is 23.4 Å². The largest absolute Gasteiger partial charge is 0.497 e. The van der Waals surface area contributed by atoms with Crippen LogP contribution in [-0.2, 0) is 0 Å². The van der Waals surface area contributed by atoms with Crippen LogP contribution in [0.1, 0.15) is 5.56 Å². The molecular weight excluding hydrogens is 310 g/mol. The van der Waals surface area contributed by atoms with Crippen molar-refractivity contribution in [1.82, 2.24) is 4.98 Å². The third kappa shape index (κ3) is 2.25. The molecule has 0 amide bonds. The van der Waals surface area contributed by atoms with Gasteiger partial charge in [-0.2, -0.15) is 5.26 Å². The van der Waals surface area contributed by atoms with Crippen LogP contribution in [0.4, 0.5) is 5.82 Å². The number of benzene rings is 1. The minimum Gasteiger partial charge on any atom is -0.497 e. The number of nitrogens with zero attached hydrogens (tertiary/aromatic N) is 1. The molecule has 1 heterocycles. The maximum atomic E-state index is 9.14. The summed E-state index contributed by atoms with van der Waals surface area (Å²) in [7, 11) is 3.13. The minimum absolute atomic E-state index is 0.417. The molecule has 1 aromatic heterocycles. The molecule has 19 heavy (non-hydrogen) atoms. The molecule has 0 aliphatic carbocycles. The molecule has 0 radical (unpaired) electrons. The molecule has 3 N–H and O–H groups in total. The highest BCUT2D eigenvalue weighted by atomic mass is 79.9. The summed E-state index contributed by atoms with van der Waals surface area (Å²) in [5.41, 5.74) is 7.70. The van der Waals surface area contributed by atoms with E-state index in [0.717, 1.165) is 10.0 Å². The maximum Gasteiger partial charge on any atom is 0.131 e. The lowest BCUT2D eigenvalue weighted by atomic mass is 10.0. The van der Waals surface area contributed by atoms with E-state index in [1.54, 1.807) is 32.5 Å². The standard InChI is InChI=1S/C13H12BrN3O2/c1-18-8-3-9(14)12(10(4-8)19-2)11-7(5-15)6-17-13(11)16/h3-4,6,17H,16H2,1-2H3. The number of rotatable bonds is 3. The van der Waals surface area contributed by atoms with Gasteiger partial charge in [-0.15, -0.1) is 0 Å². The number of nitriles is 1. The van der Waals surface area contributed by atoms with Crippen molar-refractivity contribution in [3.8, 4) is 28.7 Å². The first-order valence-electron chi connectivity index (χ1n) is 5.41. The fourth-order valence-electron chi connectivity index (χ4n) is 1.88. The molecule has 2 rings (SSSR count). The van der Waals surface area contributed by atoms with Gasteiger partial charge in [0.2, 0.25) is 0 Å². The first kappa shape index (κ1) is 13.3. The van der Waals surface area contributed by atoms with Crippen LogP contribution in [0, 0.1) is 11.3 Å². The number of aromatic amines is 1. The summed E-state index contributed by atoms with van der Waals surface area (Å²) >= 11 is 3.46. The van der Waals surface area contributed by atoms with E-state index >= 15 is 0 Å². The molecule has 0 aliphatic rings. The van der Waals surface area contributed by atoms with Gasteiger partial charge in [0.15, 0.2) is 0 Å². The van der Waals surface area contributed by atoms with Crippen LogP contribution in [0.2, 0.25) is 0 Å². The normalized spacial score (nSPS) is 10.0. The van der Waals surface area contributed by atoms with Crippen molar-refractivity contribution >= 4 is 21.7 Å². The van der Waals surface area contributed by atoms with Gasteiger partial charge in [-0.25, -0.2) is 0 Å². The highest BCUT2D eigenvalue weighted by molar-refractivity contribution is 9.10. The lowest BCUT2D eigenvalue weighted by Crippen LogP contribution is -1.95. The van der Waals surface area contributed by atoms with Crippen LogP contribution < -0.4 is 15.2 Å². The number of hydrogen-bond acceptors (Lipinski definition) is 4. The van der Waals surface area contributed by atoms with E-state index in [-0.39, 0.29) is 0 Å². The lowest BCUT2D eigenvalue weighted by Gasteiger charge is -2.13. The number of nitrogens with one attached hydrogen (secondary N) is 1. The molecule has 0 atom stereocenters. The van der Waals surface area contributed by atoms with Crippen LogP contribution in [0.15, 0.2) is 22.8 Å². The first-order valence-corrected chi connectivity index (χ1v) is 6.20. The van der Waals surface area contributed by atoms with Crippen molar-refractivity contribution in [3.63, 3.8) is 0 Å². The number of methoxy groups -OCH3 is 2. The Balaban J connectivity index is 2.75. The lowest BCUT2D eigenvalue weighted by molar-refractivity contribution is 0.395. The molecule has 5 nitrogen and oxygen atoms in total. The number of halogens is 1. The van der Waals surface area contributed by atoms with Crippen LogP contribution in [-0.4, -0.2) is 19.2 Å². The predicted octanol–water partition coefficient (Wildman–Crippen LogP) is 2.92. The van der Waals surface area contributed by atoms with E-state index in [2.05, 4.69) is 27.0 Å². The smallest absolute Gasteiger partial charge is 0.131 e. The van der Waals surface area contributed by atoms with E-state index < -0.39 is 0 Å². The zero-order chi connectivity index (χ0) is 14.0. The molecule has 0 bridgehead atoms. The van der Waals surface area contributed by atoms with Gasteiger partial charge < -0.3 is 20.2 Å². The molecule has 98 valence electrons. The molecule has 0 fully saturated rings. The number of hydrogen-bond donors (Lipinski definition) is 2. The zero-order valence-corrected chi connectivity index (χ0v) is 12.0. The van der Waals surface area contributed by atoms with Crippen LogP contribution in [0.25, 0.3) is 11.1 Å². The van der Waals surface area contributed by atoms with Gasteiger partial charge in [-0.05, 0) is 22.0 Å². The van der Waals surface area contributed by atoms with Crippen molar-refractivity contribution in [2.24, 2.45) is 0 Å². The summed E-state index contributed by atoms with van der Waals surface area (Å²) in [6, 6.07) is 5.64. The Hall–Kier alpha value is -2.13. The van der Waals surface area contributed by atoms with Gasteiger partial charge in [0, 0.05) is 27.9 Å². The Labute approximate surface area is 119 Å². The number of aromatic nitrogens is 1. The average Bonchev–Trinajstić information content (AvgIpc) is 2.78. The van der Waals surface area contributed by atoms with Crippen LogP contribution >= 0.6 is 15.9 Å². The van der Waals surface area contributed by atoms with Crippen molar-refractivity contribution in [1.29, 1.82) is 5.26 Å². The Morgan fingerprint density at radius 3 is 2.58 bits per heavy atom. The van der Waals surface area contributed by atoms with Crippen molar-refractivity contribution in [2.45, 2.75) is 0 Å². The second-order valence-electron chi connectivity index (χ2n) is 3.79. The fourth-order valence-corrected chi connectivity index (χ4v) is 2.50. The van der Waals surface area contributed by atoms with E-state index in [9.17, 15) is 0 Å². The Morgan fingerprint density at radius 1 is 1.26 bits per heavy atom.